The number of benzene rings is 9. The van der Waals surface area contributed by atoms with Gasteiger partial charge in [-0.3, -0.25) is 4.79 Å². The summed E-state index contributed by atoms with van der Waals surface area (Å²) in [5, 5.41) is 14.2. The third-order valence-corrected chi connectivity index (χ3v) is 14.0. The number of hydrogen-bond donors (Lipinski definition) is 4. The number of alkyl carbamates (subject to hydrolysis) is 2. The Balaban J connectivity index is 0.000000211. The Labute approximate surface area is 562 Å². The average molecular weight is 1300 g/mol. The number of amides is 2. The molecular formula is C79H86FN3O13. The molecule has 16 nitrogen and oxygen atoms in total. The number of nitrogens with one attached hydrogen (secondary N) is 2. The standard InChI is InChI=1S/C28H31NO5.C23H23NO3.C15H20FNO4.C13H12O/c1-28(2,3)34-27(31)29-25(26(30)32-4)19-22-12-16-24(17-13-22)33-23-14-10-21(11-15-23)18-20-8-6-5-7-9-20;1-26-23(25)22(24)16-19-9-13-21(14-10-19)27-20-11-7-18(8-12-20)15-17-5-3-2-4-6-17;1-15(2,3)21-14(19)17-12(13(18)20-4)9-10-5-7-11(16)8-6-10;14-13-8-6-12(7-9-13)10-11-4-2-1-3-5-11/h5-17,25H,18-19H2,1-4H3,(H,29,31);2-14,22H,15-16,24H2,1H3;5-8,12H,9H2,1-4H3,(H,17,19);1-9,14H,10H2. The van der Waals surface area contributed by atoms with E-state index in [-0.39, 0.29) is 18.7 Å². The summed E-state index contributed by atoms with van der Waals surface area (Å²) in [7, 11) is 3.86. The maximum absolute atomic E-state index is 12.9. The molecule has 0 aliphatic carbocycles. The van der Waals surface area contributed by atoms with E-state index in [9.17, 15) is 28.4 Å². The summed E-state index contributed by atoms with van der Waals surface area (Å²) >= 11 is 0. The Morgan fingerprint density at radius 3 is 0.927 bits per heavy atom. The molecule has 0 heterocycles. The molecule has 0 aromatic heterocycles. The Kier molecular flexibility index (Phi) is 29.2. The van der Waals surface area contributed by atoms with E-state index in [2.05, 4.69) is 92.9 Å². The van der Waals surface area contributed by atoms with Gasteiger partial charge in [-0.25, -0.2) is 23.6 Å². The number of phenols is 1. The van der Waals surface area contributed by atoms with Gasteiger partial charge in [0.2, 0.25) is 0 Å². The fourth-order valence-electron chi connectivity index (χ4n) is 9.27. The Hall–Kier alpha value is -10.8. The smallest absolute Gasteiger partial charge is 0.408 e. The van der Waals surface area contributed by atoms with Gasteiger partial charge in [0.15, 0.2) is 0 Å². The summed E-state index contributed by atoms with van der Waals surface area (Å²) in [5.74, 6) is 1.35. The number of ether oxygens (including phenoxy) is 7. The highest BCUT2D eigenvalue weighted by atomic mass is 19.1. The molecular weight excluding hydrogens is 1220 g/mol. The molecule has 0 aliphatic rings. The van der Waals surface area contributed by atoms with E-state index in [1.54, 1.807) is 65.8 Å². The topological polar surface area (TPSA) is 220 Å². The zero-order chi connectivity index (χ0) is 69.5. The first-order chi connectivity index (χ1) is 45.9. The molecule has 5 N–H and O–H groups in total. The first kappa shape index (κ1) is 74.3. The summed E-state index contributed by atoms with van der Waals surface area (Å²) in [6.07, 6.45) is 2.19. The number of esters is 3. The molecule has 96 heavy (non-hydrogen) atoms. The number of methoxy groups -OCH3 is 3. The molecule has 0 bridgehead atoms. The van der Waals surface area contributed by atoms with Crippen LogP contribution in [0.1, 0.15) is 91.6 Å². The third kappa shape index (κ3) is 28.2. The lowest BCUT2D eigenvalue weighted by Gasteiger charge is -2.22. The third-order valence-electron chi connectivity index (χ3n) is 14.0. The van der Waals surface area contributed by atoms with Crippen LogP contribution in [-0.2, 0) is 76.6 Å². The van der Waals surface area contributed by atoms with Crippen molar-refractivity contribution in [3.05, 3.63) is 292 Å². The van der Waals surface area contributed by atoms with Crippen LogP contribution in [-0.4, -0.2) is 85.9 Å². The second kappa shape index (κ2) is 37.8. The Morgan fingerprint density at radius 1 is 0.375 bits per heavy atom. The van der Waals surface area contributed by atoms with Crippen molar-refractivity contribution in [3.63, 3.8) is 0 Å². The van der Waals surface area contributed by atoms with Crippen molar-refractivity contribution in [2.75, 3.05) is 21.3 Å². The van der Waals surface area contributed by atoms with E-state index in [4.69, 9.17) is 34.5 Å². The van der Waals surface area contributed by atoms with Crippen LogP contribution in [0.3, 0.4) is 0 Å². The lowest BCUT2D eigenvalue weighted by atomic mass is 10.1. The van der Waals surface area contributed by atoms with Gasteiger partial charge in [0.05, 0.1) is 21.3 Å². The van der Waals surface area contributed by atoms with E-state index in [1.165, 1.54) is 66.8 Å². The highest BCUT2D eigenvalue weighted by Crippen LogP contribution is 2.26. The van der Waals surface area contributed by atoms with Gasteiger partial charge in [-0.2, -0.15) is 0 Å². The van der Waals surface area contributed by atoms with Crippen molar-refractivity contribution in [2.45, 2.75) is 109 Å². The zero-order valence-corrected chi connectivity index (χ0v) is 55.8. The summed E-state index contributed by atoms with van der Waals surface area (Å²) < 4.78 is 49.2. The lowest BCUT2D eigenvalue weighted by molar-refractivity contribution is -0.143. The quantitative estimate of drug-likeness (QED) is 0.0388. The van der Waals surface area contributed by atoms with Gasteiger partial charge in [0.1, 0.15) is 63.9 Å². The molecule has 3 unspecified atom stereocenters. The van der Waals surface area contributed by atoms with Crippen molar-refractivity contribution in [1.29, 1.82) is 0 Å². The second-order valence-electron chi connectivity index (χ2n) is 24.2. The number of aromatic hydroxyl groups is 1. The molecule has 2 amide bonds. The van der Waals surface area contributed by atoms with Gasteiger partial charge in [0.25, 0.3) is 0 Å². The number of rotatable bonds is 21. The molecule has 9 aromatic carbocycles. The predicted octanol–water partition coefficient (Wildman–Crippen LogP) is 15.2. The highest BCUT2D eigenvalue weighted by molar-refractivity contribution is 5.82. The molecule has 0 spiro atoms. The first-order valence-electron chi connectivity index (χ1n) is 31.2. The minimum absolute atomic E-state index is 0.187. The molecule has 0 fully saturated rings. The van der Waals surface area contributed by atoms with Crippen LogP contribution in [0, 0.1) is 5.82 Å². The minimum Gasteiger partial charge on any atom is -0.508 e. The Morgan fingerprint density at radius 2 is 0.635 bits per heavy atom. The van der Waals surface area contributed by atoms with E-state index in [0.29, 0.717) is 23.5 Å². The number of nitrogens with two attached hydrogens (primary N) is 1. The van der Waals surface area contributed by atoms with E-state index in [0.717, 1.165) is 47.6 Å². The number of carbonyl (C=O) groups excluding carboxylic acids is 5. The second-order valence-corrected chi connectivity index (χ2v) is 24.2. The van der Waals surface area contributed by atoms with Crippen molar-refractivity contribution in [1.82, 2.24) is 10.6 Å². The van der Waals surface area contributed by atoms with Gasteiger partial charge >= 0.3 is 30.1 Å². The summed E-state index contributed by atoms with van der Waals surface area (Å²) in [6.45, 7) is 10.4. The first-order valence-corrected chi connectivity index (χ1v) is 31.2. The van der Waals surface area contributed by atoms with Gasteiger partial charge in [-0.15, -0.1) is 0 Å². The maximum Gasteiger partial charge on any atom is 0.408 e. The SMILES string of the molecule is COC(=O)C(Cc1ccc(F)cc1)NC(=O)OC(C)(C)C.COC(=O)C(Cc1ccc(Oc2ccc(Cc3ccccc3)cc2)cc1)NC(=O)OC(C)(C)C.COC(=O)C(N)Cc1ccc(Oc2ccc(Cc3ccccc3)cc2)cc1.Oc1ccc(Cc2ccccc2)cc1. The molecule has 9 aromatic rings. The molecule has 9 rings (SSSR count). The minimum atomic E-state index is -0.893. The van der Waals surface area contributed by atoms with Crippen molar-refractivity contribution in [3.8, 4) is 28.7 Å². The van der Waals surface area contributed by atoms with Gasteiger partial charge < -0.3 is 54.6 Å². The monoisotopic (exact) mass is 1300 g/mol. The highest BCUT2D eigenvalue weighted by Gasteiger charge is 2.27. The molecule has 0 saturated heterocycles. The Bertz CT molecular complexity index is 3790. The normalized spacial score (nSPS) is 11.7. The largest absolute Gasteiger partial charge is 0.508 e. The van der Waals surface area contributed by atoms with Crippen LogP contribution in [0.25, 0.3) is 0 Å². The predicted molar refractivity (Wildman–Crippen MR) is 370 cm³/mol. The summed E-state index contributed by atoms with van der Waals surface area (Å²) in [5.41, 5.74) is 14.5. The van der Waals surface area contributed by atoms with E-state index < -0.39 is 59.4 Å². The molecule has 0 radical (unpaired) electrons. The summed E-state index contributed by atoms with van der Waals surface area (Å²) in [6, 6.07) is 72.6. The zero-order valence-electron chi connectivity index (χ0n) is 55.8. The van der Waals surface area contributed by atoms with Crippen LogP contribution < -0.4 is 25.8 Å². The molecule has 502 valence electrons. The van der Waals surface area contributed by atoms with Crippen LogP contribution in [0.2, 0.25) is 0 Å². The van der Waals surface area contributed by atoms with Crippen molar-refractivity contribution in [2.24, 2.45) is 5.73 Å². The number of carbonyl (C=O) groups is 5. The lowest BCUT2D eigenvalue weighted by Crippen LogP contribution is -2.45. The van der Waals surface area contributed by atoms with Crippen molar-refractivity contribution >= 4 is 30.1 Å². The average Bonchev–Trinajstić information content (AvgIpc) is 1.19. The molecule has 0 saturated carbocycles. The molecule has 3 atom stereocenters. The fourth-order valence-corrected chi connectivity index (χ4v) is 9.27. The molecule has 17 heteroatoms. The maximum atomic E-state index is 12.9. The van der Waals surface area contributed by atoms with E-state index >= 15 is 0 Å². The van der Waals surface area contributed by atoms with Crippen molar-refractivity contribution < 1.29 is 66.6 Å². The summed E-state index contributed by atoms with van der Waals surface area (Å²) in [4.78, 5) is 59.1. The van der Waals surface area contributed by atoms with Gasteiger partial charge in [0, 0.05) is 12.8 Å². The van der Waals surface area contributed by atoms with Gasteiger partial charge in [-0.1, -0.05) is 164 Å². The van der Waals surface area contributed by atoms with Gasteiger partial charge in [-0.05, 0) is 190 Å². The number of hydrogen-bond acceptors (Lipinski definition) is 14. The van der Waals surface area contributed by atoms with Crippen LogP contribution in [0.15, 0.2) is 237 Å². The number of halogens is 1. The van der Waals surface area contributed by atoms with Crippen LogP contribution in [0.4, 0.5) is 14.0 Å². The van der Waals surface area contributed by atoms with Crippen LogP contribution in [0.5, 0.6) is 28.7 Å². The van der Waals surface area contributed by atoms with E-state index in [1.807, 2.05) is 127 Å². The molecule has 0 aliphatic heterocycles. The number of phenolic OH excluding ortho intramolecular Hbond substituents is 1. The van der Waals surface area contributed by atoms with Crippen LogP contribution >= 0.6 is 0 Å². The fraction of sp³-hybridized carbons (Fsp3) is 0.253.